The number of likely N-dealkylation sites (tertiary alicyclic amines) is 1. The lowest BCUT2D eigenvalue weighted by molar-refractivity contribution is 0.100. The van der Waals surface area contributed by atoms with E-state index < -0.39 is 5.91 Å². The number of anilines is 4. The van der Waals surface area contributed by atoms with E-state index >= 15 is 0 Å². The fraction of sp³-hybridized carbons (Fsp3) is 0.320. The summed E-state index contributed by atoms with van der Waals surface area (Å²) in [6, 6.07) is 13.7. The van der Waals surface area contributed by atoms with Crippen LogP contribution in [-0.2, 0) is 0 Å². The van der Waals surface area contributed by atoms with Gasteiger partial charge in [0.15, 0.2) is 0 Å². The number of hydrogen-bond acceptors (Lipinski definition) is 7. The van der Waals surface area contributed by atoms with Crippen molar-refractivity contribution in [3.63, 3.8) is 0 Å². The van der Waals surface area contributed by atoms with E-state index in [1.807, 2.05) is 50.2 Å². The topological polar surface area (TPSA) is 105 Å². The Bertz CT molecular complexity index is 1090. The first-order valence-corrected chi connectivity index (χ1v) is 11.2. The number of nitrogens with one attached hydrogen (secondary N) is 2. The first-order chi connectivity index (χ1) is 16.0. The van der Waals surface area contributed by atoms with Crippen molar-refractivity contribution in [2.75, 3.05) is 36.9 Å². The zero-order valence-electron chi connectivity index (χ0n) is 19.1. The molecule has 8 heteroatoms. The Labute approximate surface area is 194 Å². The normalized spacial score (nSPS) is 13.6. The van der Waals surface area contributed by atoms with Crippen molar-refractivity contribution in [2.45, 2.75) is 26.7 Å². The van der Waals surface area contributed by atoms with Crippen LogP contribution >= 0.6 is 0 Å². The van der Waals surface area contributed by atoms with Crippen LogP contribution in [0, 0.1) is 13.8 Å². The number of amides is 1. The SMILES string of the molecule is Cc1cc(C)cc(Nc2nc(Nc3ccc(OCCN4CCCC4)cc3)ncc2C(N)=O)c1. The van der Waals surface area contributed by atoms with Gasteiger partial charge >= 0.3 is 0 Å². The number of carbonyl (C=O) groups excluding carboxylic acids is 1. The van der Waals surface area contributed by atoms with Crippen LogP contribution < -0.4 is 21.1 Å². The van der Waals surface area contributed by atoms with E-state index in [4.69, 9.17) is 10.5 Å². The maximum Gasteiger partial charge on any atom is 0.254 e. The number of aryl methyl sites for hydroxylation is 2. The second kappa shape index (κ2) is 10.3. The van der Waals surface area contributed by atoms with Gasteiger partial charge in [-0.2, -0.15) is 4.98 Å². The van der Waals surface area contributed by atoms with Gasteiger partial charge in [-0.3, -0.25) is 9.69 Å². The van der Waals surface area contributed by atoms with Crippen LogP contribution in [0.25, 0.3) is 0 Å². The number of carbonyl (C=O) groups is 1. The van der Waals surface area contributed by atoms with E-state index in [0.717, 1.165) is 34.8 Å². The van der Waals surface area contributed by atoms with Gasteiger partial charge in [0.05, 0.1) is 0 Å². The Balaban J connectivity index is 1.43. The molecule has 1 amide bonds. The van der Waals surface area contributed by atoms with Crippen molar-refractivity contribution in [3.8, 4) is 5.75 Å². The third kappa shape index (κ3) is 6.20. The summed E-state index contributed by atoms with van der Waals surface area (Å²) >= 11 is 0. The van der Waals surface area contributed by atoms with Crippen LogP contribution in [0.4, 0.5) is 23.1 Å². The number of nitrogens with two attached hydrogens (primary N) is 1. The molecule has 1 aromatic heterocycles. The average molecular weight is 447 g/mol. The summed E-state index contributed by atoms with van der Waals surface area (Å²) < 4.78 is 5.86. The summed E-state index contributed by atoms with van der Waals surface area (Å²) in [7, 11) is 0. The van der Waals surface area contributed by atoms with Crippen molar-refractivity contribution in [1.29, 1.82) is 0 Å². The molecule has 172 valence electrons. The van der Waals surface area contributed by atoms with Crippen LogP contribution in [0.2, 0.25) is 0 Å². The molecule has 1 fully saturated rings. The first kappa shape index (κ1) is 22.5. The summed E-state index contributed by atoms with van der Waals surface area (Å²) in [6.07, 6.45) is 3.99. The van der Waals surface area contributed by atoms with Crippen molar-refractivity contribution in [3.05, 3.63) is 65.4 Å². The molecule has 1 aliphatic rings. The van der Waals surface area contributed by atoms with Crippen molar-refractivity contribution in [2.24, 2.45) is 5.73 Å². The van der Waals surface area contributed by atoms with E-state index in [-0.39, 0.29) is 5.56 Å². The molecule has 0 bridgehead atoms. The fourth-order valence-corrected chi connectivity index (χ4v) is 3.96. The van der Waals surface area contributed by atoms with Crippen LogP contribution in [-0.4, -0.2) is 47.0 Å². The number of aromatic nitrogens is 2. The van der Waals surface area contributed by atoms with Gasteiger partial charge in [-0.15, -0.1) is 0 Å². The van der Waals surface area contributed by atoms with Gasteiger partial charge in [-0.1, -0.05) is 6.07 Å². The lowest BCUT2D eigenvalue weighted by Gasteiger charge is -2.15. The minimum atomic E-state index is -0.594. The third-order valence-corrected chi connectivity index (χ3v) is 5.52. The summed E-state index contributed by atoms with van der Waals surface area (Å²) in [5.41, 5.74) is 9.60. The highest BCUT2D eigenvalue weighted by Crippen LogP contribution is 2.24. The highest BCUT2D eigenvalue weighted by atomic mass is 16.5. The standard InChI is InChI=1S/C25H30N6O2/c1-17-13-18(2)15-20(14-17)28-24-22(23(26)32)16-27-25(30-24)29-19-5-7-21(8-6-19)33-12-11-31-9-3-4-10-31/h5-8,13-16H,3-4,9-12H2,1-2H3,(H2,26,32)(H2,27,28,29,30). The number of nitrogens with zero attached hydrogens (tertiary/aromatic N) is 3. The van der Waals surface area contributed by atoms with Crippen LogP contribution in [0.5, 0.6) is 5.75 Å². The van der Waals surface area contributed by atoms with Gasteiger partial charge < -0.3 is 21.1 Å². The maximum atomic E-state index is 11.9. The number of hydrogen-bond donors (Lipinski definition) is 3. The second-order valence-corrected chi connectivity index (χ2v) is 8.37. The van der Waals surface area contributed by atoms with Gasteiger partial charge in [0, 0.05) is 24.1 Å². The lowest BCUT2D eigenvalue weighted by Crippen LogP contribution is -2.25. The highest BCUT2D eigenvalue weighted by molar-refractivity contribution is 5.98. The molecule has 1 aliphatic heterocycles. The van der Waals surface area contributed by atoms with E-state index in [2.05, 4.69) is 31.6 Å². The van der Waals surface area contributed by atoms with Gasteiger partial charge in [-0.05, 0) is 87.3 Å². The molecule has 0 saturated carbocycles. The molecule has 4 rings (SSSR count). The summed E-state index contributed by atoms with van der Waals surface area (Å²) in [6.45, 7) is 8.00. The quantitative estimate of drug-likeness (QED) is 0.453. The third-order valence-electron chi connectivity index (χ3n) is 5.52. The summed E-state index contributed by atoms with van der Waals surface area (Å²) in [5.74, 6) is 0.937. The fourth-order valence-electron chi connectivity index (χ4n) is 3.96. The van der Waals surface area contributed by atoms with E-state index in [1.54, 1.807) is 0 Å². The van der Waals surface area contributed by atoms with Gasteiger partial charge in [0.1, 0.15) is 23.7 Å². The Morgan fingerprint density at radius 3 is 2.39 bits per heavy atom. The number of primary amides is 1. The molecule has 2 aromatic carbocycles. The molecular weight excluding hydrogens is 416 g/mol. The van der Waals surface area contributed by atoms with Crippen molar-refractivity contribution < 1.29 is 9.53 Å². The Kier molecular flexibility index (Phi) is 7.04. The van der Waals surface area contributed by atoms with Crippen LogP contribution in [0.15, 0.2) is 48.7 Å². The zero-order valence-corrected chi connectivity index (χ0v) is 19.1. The van der Waals surface area contributed by atoms with E-state index in [1.165, 1.54) is 32.1 Å². The Morgan fingerprint density at radius 2 is 1.73 bits per heavy atom. The molecule has 0 atom stereocenters. The van der Waals surface area contributed by atoms with E-state index in [9.17, 15) is 4.79 Å². The second-order valence-electron chi connectivity index (χ2n) is 8.37. The summed E-state index contributed by atoms with van der Waals surface area (Å²) in [4.78, 5) is 23.0. The average Bonchev–Trinajstić information content (AvgIpc) is 3.28. The molecule has 33 heavy (non-hydrogen) atoms. The number of benzene rings is 2. The molecule has 0 aliphatic carbocycles. The predicted molar refractivity (Wildman–Crippen MR) is 131 cm³/mol. The molecular formula is C25H30N6O2. The molecule has 3 aromatic rings. The molecule has 1 saturated heterocycles. The van der Waals surface area contributed by atoms with Crippen molar-refractivity contribution in [1.82, 2.24) is 14.9 Å². The Hall–Kier alpha value is -3.65. The molecule has 0 radical (unpaired) electrons. The van der Waals surface area contributed by atoms with Gasteiger partial charge in [-0.25, -0.2) is 4.98 Å². The monoisotopic (exact) mass is 446 g/mol. The molecule has 2 heterocycles. The van der Waals surface area contributed by atoms with Gasteiger partial charge in [0.25, 0.3) is 5.91 Å². The molecule has 0 spiro atoms. The van der Waals surface area contributed by atoms with Crippen LogP contribution in [0.3, 0.4) is 0 Å². The minimum absolute atomic E-state index is 0.224. The smallest absolute Gasteiger partial charge is 0.254 e. The van der Waals surface area contributed by atoms with Crippen LogP contribution in [0.1, 0.15) is 34.3 Å². The molecule has 4 N–H and O–H groups in total. The lowest BCUT2D eigenvalue weighted by atomic mass is 10.1. The first-order valence-electron chi connectivity index (χ1n) is 11.2. The molecule has 0 unspecified atom stereocenters. The Morgan fingerprint density at radius 1 is 1.03 bits per heavy atom. The van der Waals surface area contributed by atoms with Gasteiger partial charge in [0.2, 0.25) is 5.95 Å². The largest absolute Gasteiger partial charge is 0.492 e. The predicted octanol–water partition coefficient (Wildman–Crippen LogP) is 4.15. The highest BCUT2D eigenvalue weighted by Gasteiger charge is 2.14. The van der Waals surface area contributed by atoms with E-state index in [0.29, 0.717) is 18.4 Å². The summed E-state index contributed by atoms with van der Waals surface area (Å²) in [5, 5.41) is 6.37. The molecule has 8 nitrogen and oxygen atoms in total. The zero-order chi connectivity index (χ0) is 23.2. The minimum Gasteiger partial charge on any atom is -0.492 e. The number of rotatable bonds is 9. The maximum absolute atomic E-state index is 11.9. The number of ether oxygens (including phenoxy) is 1. The van der Waals surface area contributed by atoms with Crippen molar-refractivity contribution >= 4 is 29.0 Å².